The Balaban J connectivity index is 1.82. The van der Waals surface area contributed by atoms with Crippen LogP contribution in [0.4, 0.5) is 0 Å². The number of carbonyl (C=O) groups is 2. The monoisotopic (exact) mass is 308 g/mol. The van der Waals surface area contributed by atoms with Gasteiger partial charge in [0.25, 0.3) is 5.91 Å². The van der Waals surface area contributed by atoms with E-state index in [1.807, 2.05) is 6.07 Å². The fourth-order valence-corrected chi connectivity index (χ4v) is 1.98. The maximum Gasteiger partial charge on any atom is 0.343 e. The third-order valence-electron chi connectivity index (χ3n) is 3.17. The second-order valence-electron chi connectivity index (χ2n) is 4.79. The van der Waals surface area contributed by atoms with Crippen LogP contribution in [-0.2, 0) is 25.6 Å². The molecule has 1 saturated heterocycles. The average molecular weight is 308 g/mol. The van der Waals surface area contributed by atoms with Crippen LogP contribution in [0.15, 0.2) is 24.3 Å². The van der Waals surface area contributed by atoms with Crippen molar-refractivity contribution in [2.75, 3.05) is 33.4 Å². The van der Waals surface area contributed by atoms with Crippen LogP contribution < -0.4 is 15.4 Å². The van der Waals surface area contributed by atoms with Crippen molar-refractivity contribution in [3.8, 4) is 5.75 Å². The Morgan fingerprint density at radius 1 is 1.45 bits per heavy atom. The lowest BCUT2D eigenvalue weighted by Crippen LogP contribution is -2.47. The van der Waals surface area contributed by atoms with Crippen molar-refractivity contribution >= 4 is 11.9 Å². The highest BCUT2D eigenvalue weighted by molar-refractivity contribution is 5.81. The molecule has 7 heteroatoms. The molecule has 120 valence electrons. The van der Waals surface area contributed by atoms with Gasteiger partial charge >= 0.3 is 5.97 Å². The molecule has 2 rings (SSSR count). The molecule has 1 aliphatic rings. The molecule has 1 amide bonds. The van der Waals surface area contributed by atoms with Gasteiger partial charge in [0.15, 0.2) is 6.61 Å². The van der Waals surface area contributed by atoms with E-state index in [0.717, 1.165) is 12.1 Å². The molecule has 1 fully saturated rings. The number of benzene rings is 1. The number of esters is 1. The third kappa shape index (κ3) is 5.01. The fourth-order valence-electron chi connectivity index (χ4n) is 1.98. The predicted octanol–water partition coefficient (Wildman–Crippen LogP) is -0.157. The Labute approximate surface area is 128 Å². The molecule has 1 aromatic carbocycles. The van der Waals surface area contributed by atoms with Crippen LogP contribution in [0, 0.1) is 0 Å². The maximum absolute atomic E-state index is 11.9. The van der Waals surface area contributed by atoms with E-state index in [0.29, 0.717) is 25.4 Å². The van der Waals surface area contributed by atoms with E-state index in [1.54, 1.807) is 18.2 Å². The topological polar surface area (TPSA) is 85.9 Å². The highest BCUT2D eigenvalue weighted by Gasteiger charge is 2.21. The van der Waals surface area contributed by atoms with Gasteiger partial charge < -0.3 is 24.8 Å². The molecule has 22 heavy (non-hydrogen) atoms. The molecule has 0 aromatic heterocycles. The normalized spacial score (nSPS) is 17.6. The molecule has 0 saturated carbocycles. The smallest absolute Gasteiger partial charge is 0.343 e. The number of amides is 1. The Bertz CT molecular complexity index is 514. The van der Waals surface area contributed by atoms with Gasteiger partial charge in [-0.3, -0.25) is 4.79 Å². The molecular weight excluding hydrogens is 288 g/mol. The molecule has 0 aliphatic carbocycles. The van der Waals surface area contributed by atoms with Crippen molar-refractivity contribution in [2.45, 2.75) is 12.6 Å². The van der Waals surface area contributed by atoms with E-state index >= 15 is 0 Å². The minimum absolute atomic E-state index is 0.145. The van der Waals surface area contributed by atoms with Crippen LogP contribution in [0.3, 0.4) is 0 Å². The number of methoxy groups -OCH3 is 1. The van der Waals surface area contributed by atoms with Crippen LogP contribution in [0.25, 0.3) is 0 Å². The van der Waals surface area contributed by atoms with Crippen molar-refractivity contribution in [3.63, 3.8) is 0 Å². The van der Waals surface area contributed by atoms with Gasteiger partial charge in [0.05, 0.1) is 13.7 Å². The zero-order valence-corrected chi connectivity index (χ0v) is 12.5. The zero-order valence-electron chi connectivity index (χ0n) is 12.5. The lowest BCUT2D eigenvalue weighted by atomic mass is 10.2. The van der Waals surface area contributed by atoms with E-state index in [-0.39, 0.29) is 12.5 Å². The van der Waals surface area contributed by atoms with Crippen LogP contribution in [0.2, 0.25) is 0 Å². The van der Waals surface area contributed by atoms with E-state index in [9.17, 15) is 9.59 Å². The summed E-state index contributed by atoms with van der Waals surface area (Å²) in [4.78, 5) is 23.0. The largest absolute Gasteiger partial charge is 0.482 e. The van der Waals surface area contributed by atoms with Gasteiger partial charge in [-0.05, 0) is 17.7 Å². The number of ether oxygens (including phenoxy) is 3. The molecule has 1 aliphatic heterocycles. The summed E-state index contributed by atoms with van der Waals surface area (Å²) in [6, 6.07) is 7.17. The Kier molecular flexibility index (Phi) is 6.17. The zero-order chi connectivity index (χ0) is 15.8. The van der Waals surface area contributed by atoms with Gasteiger partial charge in [-0.2, -0.15) is 0 Å². The van der Waals surface area contributed by atoms with Crippen LogP contribution >= 0.6 is 0 Å². The van der Waals surface area contributed by atoms with Gasteiger partial charge in [0, 0.05) is 19.6 Å². The van der Waals surface area contributed by atoms with Crippen molar-refractivity contribution < 1.29 is 23.8 Å². The van der Waals surface area contributed by atoms with Crippen molar-refractivity contribution in [2.24, 2.45) is 0 Å². The molecule has 0 radical (unpaired) electrons. The average Bonchev–Trinajstić information content (AvgIpc) is 2.58. The standard InChI is InChI=1S/C15H20N2O5/c1-20-14(18)10-22-12-4-2-3-11(7-12)8-17-15(19)13-9-16-5-6-21-13/h2-4,7,13,16H,5-6,8-10H2,1H3,(H,17,19). The SMILES string of the molecule is COC(=O)COc1cccc(CNC(=O)C2CNCCO2)c1. The molecule has 2 N–H and O–H groups in total. The van der Waals surface area contributed by atoms with Gasteiger partial charge in [-0.15, -0.1) is 0 Å². The van der Waals surface area contributed by atoms with Crippen molar-refractivity contribution in [3.05, 3.63) is 29.8 Å². The summed E-state index contributed by atoms with van der Waals surface area (Å²) in [6.07, 6.45) is -0.451. The summed E-state index contributed by atoms with van der Waals surface area (Å²) in [7, 11) is 1.31. The summed E-state index contributed by atoms with van der Waals surface area (Å²) >= 11 is 0. The highest BCUT2D eigenvalue weighted by atomic mass is 16.6. The first-order valence-corrected chi connectivity index (χ1v) is 7.07. The van der Waals surface area contributed by atoms with E-state index < -0.39 is 12.1 Å². The first kappa shape index (κ1) is 16.3. The molecule has 1 atom stereocenters. The van der Waals surface area contributed by atoms with Crippen LogP contribution in [-0.4, -0.2) is 51.4 Å². The molecule has 0 spiro atoms. The lowest BCUT2D eigenvalue weighted by molar-refractivity contribution is -0.142. The minimum atomic E-state index is -0.451. The molecular formula is C15H20N2O5. The molecule has 1 unspecified atom stereocenters. The second kappa shape index (κ2) is 8.35. The number of hydrogen-bond donors (Lipinski definition) is 2. The molecule has 7 nitrogen and oxygen atoms in total. The maximum atomic E-state index is 11.9. The number of hydrogen-bond acceptors (Lipinski definition) is 6. The van der Waals surface area contributed by atoms with E-state index in [4.69, 9.17) is 9.47 Å². The molecule has 0 bridgehead atoms. The summed E-state index contributed by atoms with van der Waals surface area (Å²) in [6.45, 7) is 2.05. The molecule has 1 aromatic rings. The predicted molar refractivity (Wildman–Crippen MR) is 78.4 cm³/mol. The van der Waals surface area contributed by atoms with Crippen LogP contribution in [0.5, 0.6) is 5.75 Å². The van der Waals surface area contributed by atoms with E-state index in [1.165, 1.54) is 7.11 Å². The fraction of sp³-hybridized carbons (Fsp3) is 0.467. The highest BCUT2D eigenvalue weighted by Crippen LogP contribution is 2.13. The van der Waals surface area contributed by atoms with Gasteiger partial charge in [-0.25, -0.2) is 4.79 Å². The summed E-state index contributed by atoms with van der Waals surface area (Å²) in [5.41, 5.74) is 0.875. The quantitative estimate of drug-likeness (QED) is 0.711. The first-order valence-electron chi connectivity index (χ1n) is 7.07. The summed E-state index contributed by atoms with van der Waals surface area (Å²) < 4.78 is 15.2. The van der Waals surface area contributed by atoms with Crippen molar-refractivity contribution in [1.82, 2.24) is 10.6 Å². The number of nitrogens with one attached hydrogen (secondary N) is 2. The first-order chi connectivity index (χ1) is 10.7. The summed E-state index contributed by atoms with van der Waals surface area (Å²) in [5, 5.41) is 5.93. The van der Waals surface area contributed by atoms with E-state index in [2.05, 4.69) is 15.4 Å². The Morgan fingerprint density at radius 2 is 2.32 bits per heavy atom. The van der Waals surface area contributed by atoms with Crippen molar-refractivity contribution in [1.29, 1.82) is 0 Å². The summed E-state index contributed by atoms with van der Waals surface area (Å²) in [5.74, 6) is -0.0403. The van der Waals surface area contributed by atoms with Gasteiger partial charge in [0.2, 0.25) is 0 Å². The van der Waals surface area contributed by atoms with Gasteiger partial charge in [0.1, 0.15) is 11.9 Å². The number of rotatable bonds is 6. The Hall–Kier alpha value is -2.12. The van der Waals surface area contributed by atoms with Gasteiger partial charge in [-0.1, -0.05) is 12.1 Å². The second-order valence-corrected chi connectivity index (χ2v) is 4.79. The Morgan fingerprint density at radius 3 is 3.05 bits per heavy atom. The number of carbonyl (C=O) groups excluding carboxylic acids is 2. The third-order valence-corrected chi connectivity index (χ3v) is 3.17. The minimum Gasteiger partial charge on any atom is -0.482 e. The number of morpholine rings is 1. The van der Waals surface area contributed by atoms with Crippen LogP contribution in [0.1, 0.15) is 5.56 Å². The lowest BCUT2D eigenvalue weighted by Gasteiger charge is -2.22. The molecule has 1 heterocycles.